The van der Waals surface area contributed by atoms with Gasteiger partial charge in [0.2, 0.25) is 10.0 Å². The number of hydrogen-bond donors (Lipinski definition) is 0. The highest BCUT2D eigenvalue weighted by atomic mass is 35.5. The highest BCUT2D eigenvalue weighted by Crippen LogP contribution is 2.33. The Morgan fingerprint density at radius 3 is 2.50 bits per heavy atom. The third-order valence-electron chi connectivity index (χ3n) is 6.77. The SMILES string of the molecule is Cc1ccc(S(=O)(=O)N2CCC(c3nc(C(=O)N(C)C4CCCCC4)cs3)CC2)cc1Cl. The van der Waals surface area contributed by atoms with E-state index in [1.165, 1.54) is 41.0 Å². The number of sulfonamides is 1. The van der Waals surface area contributed by atoms with Crippen molar-refractivity contribution in [1.82, 2.24) is 14.2 Å². The highest BCUT2D eigenvalue weighted by molar-refractivity contribution is 7.89. The second-order valence-corrected chi connectivity index (χ2v) is 12.1. The summed E-state index contributed by atoms with van der Waals surface area (Å²) in [6, 6.07) is 5.19. The number of aryl methyl sites for hydroxylation is 1. The zero-order chi connectivity index (χ0) is 22.9. The van der Waals surface area contributed by atoms with E-state index in [1.807, 2.05) is 24.3 Å². The monoisotopic (exact) mass is 495 g/mol. The molecule has 0 N–H and O–H groups in total. The van der Waals surface area contributed by atoms with Gasteiger partial charge in [-0.05, 0) is 50.3 Å². The average molecular weight is 496 g/mol. The molecule has 6 nitrogen and oxygen atoms in total. The Morgan fingerprint density at radius 2 is 1.84 bits per heavy atom. The van der Waals surface area contributed by atoms with Crippen LogP contribution in [0, 0.1) is 6.92 Å². The number of piperidine rings is 1. The van der Waals surface area contributed by atoms with Crippen molar-refractivity contribution < 1.29 is 13.2 Å². The predicted molar refractivity (Wildman–Crippen MR) is 128 cm³/mol. The maximum atomic E-state index is 13.0. The van der Waals surface area contributed by atoms with Gasteiger partial charge in [-0.15, -0.1) is 11.3 Å². The molecule has 0 spiro atoms. The van der Waals surface area contributed by atoms with Crippen LogP contribution in [0.3, 0.4) is 0 Å². The van der Waals surface area contributed by atoms with E-state index in [9.17, 15) is 13.2 Å². The Balaban J connectivity index is 1.39. The number of carbonyl (C=O) groups is 1. The molecular formula is C23H30ClN3O3S2. The van der Waals surface area contributed by atoms with E-state index in [1.54, 1.807) is 12.1 Å². The Hall–Kier alpha value is -1.48. The molecule has 2 heterocycles. The predicted octanol–water partition coefficient (Wildman–Crippen LogP) is 5.08. The molecule has 4 rings (SSSR count). The van der Waals surface area contributed by atoms with E-state index in [0.717, 1.165) is 23.4 Å². The van der Waals surface area contributed by atoms with Crippen molar-refractivity contribution in [2.45, 2.75) is 68.7 Å². The number of benzene rings is 1. The van der Waals surface area contributed by atoms with Crippen molar-refractivity contribution in [3.8, 4) is 0 Å². The van der Waals surface area contributed by atoms with E-state index >= 15 is 0 Å². The normalized spacial score (nSPS) is 19.2. The van der Waals surface area contributed by atoms with Crippen LogP contribution in [0.25, 0.3) is 0 Å². The lowest BCUT2D eigenvalue weighted by molar-refractivity contribution is 0.0691. The van der Waals surface area contributed by atoms with Crippen molar-refractivity contribution in [3.63, 3.8) is 0 Å². The van der Waals surface area contributed by atoms with Crippen molar-refractivity contribution >= 4 is 38.9 Å². The molecule has 0 bridgehead atoms. The number of thiazole rings is 1. The van der Waals surface area contributed by atoms with Gasteiger partial charge in [-0.3, -0.25) is 4.79 Å². The van der Waals surface area contributed by atoms with Crippen LogP contribution in [0.5, 0.6) is 0 Å². The fraction of sp³-hybridized carbons (Fsp3) is 0.565. The Kier molecular flexibility index (Phi) is 7.24. The largest absolute Gasteiger partial charge is 0.337 e. The number of amides is 1. The van der Waals surface area contributed by atoms with Crippen molar-refractivity contribution in [3.05, 3.63) is 44.9 Å². The molecule has 1 aromatic heterocycles. The van der Waals surface area contributed by atoms with Crippen molar-refractivity contribution in [1.29, 1.82) is 0 Å². The van der Waals surface area contributed by atoms with Gasteiger partial charge in [0.05, 0.1) is 9.90 Å². The van der Waals surface area contributed by atoms with Gasteiger partial charge in [-0.2, -0.15) is 4.31 Å². The third kappa shape index (κ3) is 4.88. The van der Waals surface area contributed by atoms with E-state index < -0.39 is 10.0 Å². The summed E-state index contributed by atoms with van der Waals surface area (Å²) in [6.07, 6.45) is 7.14. The molecule has 1 saturated carbocycles. The molecule has 1 aliphatic carbocycles. The van der Waals surface area contributed by atoms with Gasteiger partial charge in [-0.25, -0.2) is 13.4 Å². The van der Waals surface area contributed by atoms with Gasteiger partial charge < -0.3 is 4.90 Å². The number of carbonyl (C=O) groups excluding carboxylic acids is 1. The van der Waals surface area contributed by atoms with Crippen LogP contribution in [-0.2, 0) is 10.0 Å². The molecule has 174 valence electrons. The van der Waals surface area contributed by atoms with Crippen LogP contribution in [-0.4, -0.2) is 54.7 Å². The van der Waals surface area contributed by atoms with Crippen LogP contribution in [0.15, 0.2) is 28.5 Å². The standard InChI is InChI=1S/C23H30ClN3O3S2/c1-16-8-9-19(14-20(16)24)32(29,30)27-12-10-17(11-13-27)22-25-21(15-31-22)23(28)26(2)18-6-4-3-5-7-18/h8-9,14-15,17-18H,3-7,10-13H2,1-2H3. The lowest BCUT2D eigenvalue weighted by Gasteiger charge is -2.31. The van der Waals surface area contributed by atoms with Gasteiger partial charge >= 0.3 is 0 Å². The van der Waals surface area contributed by atoms with Crippen LogP contribution in [0.4, 0.5) is 0 Å². The zero-order valence-electron chi connectivity index (χ0n) is 18.6. The summed E-state index contributed by atoms with van der Waals surface area (Å²) in [5.74, 6) is 0.172. The van der Waals surface area contributed by atoms with Gasteiger partial charge in [0.1, 0.15) is 5.69 Å². The summed E-state index contributed by atoms with van der Waals surface area (Å²) < 4.78 is 27.6. The second kappa shape index (κ2) is 9.79. The molecule has 2 aromatic rings. The highest BCUT2D eigenvalue weighted by Gasteiger charge is 2.32. The maximum Gasteiger partial charge on any atom is 0.273 e. The van der Waals surface area contributed by atoms with Gasteiger partial charge in [0, 0.05) is 42.5 Å². The number of halogens is 1. The summed E-state index contributed by atoms with van der Waals surface area (Å²) in [4.78, 5) is 19.7. The minimum absolute atomic E-state index is 0.00402. The molecule has 1 aliphatic heterocycles. The second-order valence-electron chi connectivity index (χ2n) is 8.87. The topological polar surface area (TPSA) is 70.6 Å². The molecule has 2 fully saturated rings. The first kappa shape index (κ1) is 23.7. The Bertz CT molecular complexity index is 1070. The number of hydrogen-bond acceptors (Lipinski definition) is 5. The maximum absolute atomic E-state index is 13.0. The molecule has 9 heteroatoms. The first-order chi connectivity index (χ1) is 15.3. The van der Waals surface area contributed by atoms with E-state index in [0.29, 0.717) is 42.7 Å². The van der Waals surface area contributed by atoms with E-state index in [4.69, 9.17) is 11.6 Å². The van der Waals surface area contributed by atoms with E-state index in [-0.39, 0.29) is 16.7 Å². The average Bonchev–Trinajstić information content (AvgIpc) is 3.31. The van der Waals surface area contributed by atoms with Crippen molar-refractivity contribution in [2.24, 2.45) is 0 Å². The summed E-state index contributed by atoms with van der Waals surface area (Å²) in [7, 11) is -1.68. The number of aromatic nitrogens is 1. The molecule has 2 aliphatic rings. The minimum Gasteiger partial charge on any atom is -0.337 e. The lowest BCUT2D eigenvalue weighted by Crippen LogP contribution is -2.38. The number of rotatable bonds is 5. The molecule has 0 radical (unpaired) electrons. The lowest BCUT2D eigenvalue weighted by atomic mass is 9.94. The van der Waals surface area contributed by atoms with Gasteiger partial charge in [-0.1, -0.05) is 36.9 Å². The van der Waals surface area contributed by atoms with Gasteiger partial charge in [0.25, 0.3) is 5.91 Å². The van der Waals surface area contributed by atoms with E-state index in [2.05, 4.69) is 4.98 Å². The first-order valence-corrected chi connectivity index (χ1v) is 14.0. The molecule has 1 saturated heterocycles. The van der Waals surface area contributed by atoms with Gasteiger partial charge in [0.15, 0.2) is 0 Å². The molecular weight excluding hydrogens is 466 g/mol. The fourth-order valence-electron chi connectivity index (χ4n) is 4.61. The molecule has 0 atom stereocenters. The van der Waals surface area contributed by atoms with Crippen LogP contribution >= 0.6 is 22.9 Å². The molecule has 1 aromatic carbocycles. The van der Waals surface area contributed by atoms with Crippen LogP contribution < -0.4 is 0 Å². The summed E-state index contributed by atoms with van der Waals surface area (Å²) in [6.45, 7) is 2.72. The Morgan fingerprint density at radius 1 is 1.16 bits per heavy atom. The Labute approximate surface area is 199 Å². The van der Waals surface area contributed by atoms with Crippen molar-refractivity contribution in [2.75, 3.05) is 20.1 Å². The molecule has 0 unspecified atom stereocenters. The fourth-order valence-corrected chi connectivity index (χ4v) is 7.32. The number of nitrogens with zero attached hydrogens (tertiary/aromatic N) is 3. The quantitative estimate of drug-likeness (QED) is 0.580. The summed E-state index contributed by atoms with van der Waals surface area (Å²) in [5, 5.41) is 3.24. The van der Waals surface area contributed by atoms with Crippen LogP contribution in [0.1, 0.15) is 71.9 Å². The van der Waals surface area contributed by atoms with Crippen LogP contribution in [0.2, 0.25) is 5.02 Å². The first-order valence-electron chi connectivity index (χ1n) is 11.3. The smallest absolute Gasteiger partial charge is 0.273 e. The third-order valence-corrected chi connectivity index (χ3v) is 10.1. The summed E-state index contributed by atoms with van der Waals surface area (Å²) in [5.41, 5.74) is 1.37. The zero-order valence-corrected chi connectivity index (χ0v) is 21.0. The molecule has 32 heavy (non-hydrogen) atoms. The molecule has 1 amide bonds. The minimum atomic E-state index is -3.57. The summed E-state index contributed by atoms with van der Waals surface area (Å²) >= 11 is 7.65.